The Hall–Kier alpha value is -3.35. The molecule has 0 radical (unpaired) electrons. The molecule has 0 spiro atoms. The van der Waals surface area contributed by atoms with Crippen molar-refractivity contribution >= 4 is 22.6 Å². The Morgan fingerprint density at radius 3 is 2.32 bits per heavy atom. The van der Waals surface area contributed by atoms with Crippen molar-refractivity contribution in [1.29, 1.82) is 0 Å². The highest BCUT2D eigenvalue weighted by molar-refractivity contribution is 5.92. The Kier molecular flexibility index (Phi) is 6.26. The molecule has 1 N–H and O–H groups in total. The van der Waals surface area contributed by atoms with E-state index in [0.717, 1.165) is 11.0 Å². The lowest BCUT2D eigenvalue weighted by Crippen LogP contribution is -2.21. The summed E-state index contributed by atoms with van der Waals surface area (Å²) in [6.07, 6.45) is 0. The van der Waals surface area contributed by atoms with Gasteiger partial charge in [0.05, 0.1) is 24.2 Å². The molecule has 2 aromatic carbocycles. The zero-order valence-electron chi connectivity index (χ0n) is 16.2. The minimum atomic E-state index is -0.305. The molecule has 7 heteroatoms. The third-order valence-electron chi connectivity index (χ3n) is 3.87. The molecule has 1 heterocycles. The van der Waals surface area contributed by atoms with Crippen LogP contribution in [-0.2, 0) is 4.79 Å². The molecule has 3 rings (SSSR count). The van der Waals surface area contributed by atoms with Gasteiger partial charge in [-0.05, 0) is 45.0 Å². The van der Waals surface area contributed by atoms with Crippen molar-refractivity contribution in [1.82, 2.24) is 9.97 Å². The fraction of sp³-hybridized carbons (Fsp3) is 0.286. The maximum Gasteiger partial charge on any atom is 0.262 e. The van der Waals surface area contributed by atoms with Gasteiger partial charge in [-0.2, -0.15) is 0 Å². The molecule has 0 saturated heterocycles. The van der Waals surface area contributed by atoms with Gasteiger partial charge in [-0.25, -0.2) is 9.97 Å². The largest absolute Gasteiger partial charge is 0.490 e. The Bertz CT molecular complexity index is 975. The highest BCUT2D eigenvalue weighted by Gasteiger charge is 2.11. The summed E-state index contributed by atoms with van der Waals surface area (Å²) in [5.41, 5.74) is 2.74. The number of carbonyl (C=O) groups is 1. The summed E-state index contributed by atoms with van der Waals surface area (Å²) in [5, 5.41) is 2.79. The van der Waals surface area contributed by atoms with E-state index in [-0.39, 0.29) is 12.5 Å². The fourth-order valence-corrected chi connectivity index (χ4v) is 2.67. The van der Waals surface area contributed by atoms with Gasteiger partial charge in [0.1, 0.15) is 5.69 Å². The lowest BCUT2D eigenvalue weighted by Gasteiger charge is -2.13. The van der Waals surface area contributed by atoms with E-state index in [2.05, 4.69) is 15.3 Å². The monoisotopic (exact) mass is 381 g/mol. The highest BCUT2D eigenvalue weighted by Crippen LogP contribution is 2.30. The zero-order chi connectivity index (χ0) is 19.9. The van der Waals surface area contributed by atoms with Crippen molar-refractivity contribution in [2.24, 2.45) is 0 Å². The summed E-state index contributed by atoms with van der Waals surface area (Å²) in [4.78, 5) is 21.2. The summed E-state index contributed by atoms with van der Waals surface area (Å²) >= 11 is 0. The number of rotatable bonds is 8. The number of fused-ring (bicyclic) bond motifs is 1. The predicted octanol–water partition coefficient (Wildman–Crippen LogP) is 3.75. The van der Waals surface area contributed by atoms with Crippen molar-refractivity contribution in [2.45, 2.75) is 20.8 Å². The number of aromatic nitrogens is 2. The molecule has 0 fully saturated rings. The predicted molar refractivity (Wildman–Crippen MR) is 107 cm³/mol. The van der Waals surface area contributed by atoms with E-state index in [9.17, 15) is 4.79 Å². The topological polar surface area (TPSA) is 82.6 Å². The van der Waals surface area contributed by atoms with Crippen LogP contribution in [0.2, 0.25) is 0 Å². The highest BCUT2D eigenvalue weighted by atomic mass is 16.5. The molecule has 28 heavy (non-hydrogen) atoms. The Balaban J connectivity index is 1.66. The maximum atomic E-state index is 12.3. The van der Waals surface area contributed by atoms with Crippen LogP contribution in [0.3, 0.4) is 0 Å². The third-order valence-corrected chi connectivity index (χ3v) is 3.87. The quantitative estimate of drug-likeness (QED) is 0.640. The van der Waals surface area contributed by atoms with Crippen molar-refractivity contribution in [3.8, 4) is 17.4 Å². The van der Waals surface area contributed by atoms with Gasteiger partial charge < -0.3 is 19.5 Å². The second-order valence-corrected chi connectivity index (χ2v) is 5.97. The first-order valence-electron chi connectivity index (χ1n) is 9.16. The molecule has 0 unspecified atom stereocenters. The van der Waals surface area contributed by atoms with Crippen LogP contribution in [0, 0.1) is 6.92 Å². The number of nitrogens with one attached hydrogen (secondary N) is 1. The SMILES string of the molecule is CCOc1ccc(NC(=O)COc2nc3ccccc3nc2C)cc1OCC. The number of benzene rings is 2. The minimum Gasteiger partial charge on any atom is -0.490 e. The molecular formula is C21H23N3O4. The average Bonchev–Trinajstić information content (AvgIpc) is 2.68. The molecule has 3 aromatic rings. The number of amides is 1. The molecular weight excluding hydrogens is 358 g/mol. The summed E-state index contributed by atoms with van der Waals surface area (Å²) in [5.74, 6) is 1.26. The molecule has 0 bridgehead atoms. The van der Waals surface area contributed by atoms with Crippen molar-refractivity contribution < 1.29 is 19.0 Å². The summed E-state index contributed by atoms with van der Waals surface area (Å²) in [6.45, 7) is 6.45. The Labute approximate surface area is 163 Å². The van der Waals surface area contributed by atoms with E-state index in [0.29, 0.717) is 42.0 Å². The van der Waals surface area contributed by atoms with Gasteiger partial charge in [0.25, 0.3) is 5.91 Å². The van der Waals surface area contributed by atoms with E-state index in [1.54, 1.807) is 25.1 Å². The lowest BCUT2D eigenvalue weighted by molar-refractivity contribution is -0.118. The number of aryl methyl sites for hydroxylation is 1. The van der Waals surface area contributed by atoms with Crippen LogP contribution in [0.25, 0.3) is 11.0 Å². The number of carbonyl (C=O) groups excluding carboxylic acids is 1. The lowest BCUT2D eigenvalue weighted by atomic mass is 10.2. The minimum absolute atomic E-state index is 0.176. The first-order valence-corrected chi connectivity index (χ1v) is 9.16. The van der Waals surface area contributed by atoms with Crippen LogP contribution >= 0.6 is 0 Å². The first-order chi connectivity index (χ1) is 13.6. The zero-order valence-corrected chi connectivity index (χ0v) is 16.2. The molecule has 7 nitrogen and oxygen atoms in total. The third kappa shape index (κ3) is 4.68. The molecule has 0 saturated carbocycles. The standard InChI is InChI=1S/C21H23N3O4/c1-4-26-18-11-10-15(12-19(18)27-5-2)23-20(25)13-28-21-14(3)22-16-8-6-7-9-17(16)24-21/h6-12H,4-5,13H2,1-3H3,(H,23,25). The number of nitrogens with zero attached hydrogens (tertiary/aromatic N) is 2. The van der Waals surface area contributed by atoms with Gasteiger partial charge in [-0.15, -0.1) is 0 Å². The van der Waals surface area contributed by atoms with E-state index >= 15 is 0 Å². The van der Waals surface area contributed by atoms with Gasteiger partial charge in [0.15, 0.2) is 18.1 Å². The van der Waals surface area contributed by atoms with E-state index in [1.807, 2.05) is 38.1 Å². The van der Waals surface area contributed by atoms with Crippen molar-refractivity contribution in [3.05, 3.63) is 48.2 Å². The van der Waals surface area contributed by atoms with Crippen LogP contribution < -0.4 is 19.5 Å². The second kappa shape index (κ2) is 9.03. The average molecular weight is 381 g/mol. The second-order valence-electron chi connectivity index (χ2n) is 5.97. The summed E-state index contributed by atoms with van der Waals surface area (Å²) < 4.78 is 16.7. The molecule has 146 valence electrons. The Morgan fingerprint density at radius 2 is 1.61 bits per heavy atom. The first kappa shape index (κ1) is 19.4. The van der Waals surface area contributed by atoms with Crippen LogP contribution in [0.15, 0.2) is 42.5 Å². The van der Waals surface area contributed by atoms with Crippen LogP contribution in [-0.4, -0.2) is 35.7 Å². The molecule has 0 aliphatic heterocycles. The number of hydrogen-bond donors (Lipinski definition) is 1. The van der Waals surface area contributed by atoms with Crippen LogP contribution in [0.4, 0.5) is 5.69 Å². The van der Waals surface area contributed by atoms with Gasteiger partial charge in [0.2, 0.25) is 5.88 Å². The molecule has 0 atom stereocenters. The molecule has 1 aromatic heterocycles. The smallest absolute Gasteiger partial charge is 0.262 e. The van der Waals surface area contributed by atoms with Crippen molar-refractivity contribution in [3.63, 3.8) is 0 Å². The number of ether oxygens (including phenoxy) is 3. The molecule has 0 aliphatic carbocycles. The normalized spacial score (nSPS) is 10.5. The summed E-state index contributed by atoms with van der Waals surface area (Å²) in [7, 11) is 0. The van der Waals surface area contributed by atoms with Gasteiger partial charge in [-0.1, -0.05) is 12.1 Å². The van der Waals surface area contributed by atoms with Crippen molar-refractivity contribution in [2.75, 3.05) is 25.1 Å². The van der Waals surface area contributed by atoms with Gasteiger partial charge in [-0.3, -0.25) is 4.79 Å². The molecule has 0 aliphatic rings. The number of hydrogen-bond acceptors (Lipinski definition) is 6. The van der Waals surface area contributed by atoms with E-state index < -0.39 is 0 Å². The number of para-hydroxylation sites is 2. The number of anilines is 1. The Morgan fingerprint density at radius 1 is 0.929 bits per heavy atom. The maximum absolute atomic E-state index is 12.3. The van der Waals surface area contributed by atoms with Gasteiger partial charge in [0, 0.05) is 11.8 Å². The van der Waals surface area contributed by atoms with E-state index in [1.165, 1.54) is 0 Å². The fourth-order valence-electron chi connectivity index (χ4n) is 2.67. The summed E-state index contributed by atoms with van der Waals surface area (Å²) in [6, 6.07) is 12.8. The van der Waals surface area contributed by atoms with Crippen LogP contribution in [0.1, 0.15) is 19.5 Å². The van der Waals surface area contributed by atoms with E-state index in [4.69, 9.17) is 14.2 Å². The van der Waals surface area contributed by atoms with Crippen LogP contribution in [0.5, 0.6) is 17.4 Å². The van der Waals surface area contributed by atoms with Gasteiger partial charge >= 0.3 is 0 Å². The molecule has 1 amide bonds.